The Balaban J connectivity index is 1.72. The highest BCUT2D eigenvalue weighted by Gasteiger charge is 2.42. The van der Waals surface area contributed by atoms with Crippen LogP contribution in [0.2, 0.25) is 0 Å². The van der Waals surface area contributed by atoms with Gasteiger partial charge in [0.1, 0.15) is 12.1 Å². The molecular weight excluding hydrogens is 380 g/mol. The normalized spacial score (nSPS) is 22.9. The molecule has 1 heterocycles. The van der Waals surface area contributed by atoms with Gasteiger partial charge >= 0.3 is 0 Å². The van der Waals surface area contributed by atoms with Crippen LogP contribution in [0.15, 0.2) is 24.3 Å². The molecule has 1 fully saturated rings. The smallest absolute Gasteiger partial charge is 0.246 e. The van der Waals surface area contributed by atoms with Crippen LogP contribution in [-0.2, 0) is 20.8 Å². The van der Waals surface area contributed by atoms with Gasteiger partial charge < -0.3 is 21.3 Å². The Hall–Kier alpha value is -2.41. The number of amides is 3. The zero-order valence-corrected chi connectivity index (χ0v) is 18.4. The third-order valence-corrected chi connectivity index (χ3v) is 6.10. The van der Waals surface area contributed by atoms with E-state index in [1.54, 1.807) is 11.8 Å². The summed E-state index contributed by atoms with van der Waals surface area (Å²) < 4.78 is 0. The summed E-state index contributed by atoms with van der Waals surface area (Å²) >= 11 is 0. The summed E-state index contributed by atoms with van der Waals surface area (Å²) in [6, 6.07) is 6.20. The van der Waals surface area contributed by atoms with Crippen LogP contribution in [-0.4, -0.2) is 47.3 Å². The van der Waals surface area contributed by atoms with E-state index < -0.39 is 23.5 Å². The predicted octanol–water partition coefficient (Wildman–Crippen LogP) is 1.66. The van der Waals surface area contributed by atoms with Gasteiger partial charge in [-0.1, -0.05) is 45.0 Å². The number of fused-ring (bicyclic) bond motifs is 1. The molecule has 1 aliphatic carbocycles. The number of nitrogens with one attached hydrogen (secondary N) is 2. The SMILES string of the molecule is C[C@H](N)C(=O)N[C@H](C(=O)N1CCC[C@H]1C(=O)N[C@H]1CCc2ccccc21)C(C)(C)C. The highest BCUT2D eigenvalue weighted by atomic mass is 16.2. The lowest BCUT2D eigenvalue weighted by Crippen LogP contribution is -2.59. The number of benzene rings is 1. The molecule has 4 N–H and O–H groups in total. The summed E-state index contributed by atoms with van der Waals surface area (Å²) in [7, 11) is 0. The molecule has 3 amide bonds. The highest BCUT2D eigenvalue weighted by Crippen LogP contribution is 2.32. The van der Waals surface area contributed by atoms with Crippen molar-refractivity contribution in [1.82, 2.24) is 15.5 Å². The van der Waals surface area contributed by atoms with E-state index in [0.29, 0.717) is 13.0 Å². The van der Waals surface area contributed by atoms with Gasteiger partial charge in [0.25, 0.3) is 0 Å². The summed E-state index contributed by atoms with van der Waals surface area (Å²) in [4.78, 5) is 40.3. The first-order valence-corrected chi connectivity index (χ1v) is 10.8. The molecule has 0 saturated carbocycles. The fourth-order valence-electron chi connectivity index (χ4n) is 4.37. The molecule has 1 aromatic rings. The topological polar surface area (TPSA) is 105 Å². The zero-order valence-electron chi connectivity index (χ0n) is 18.4. The second-order valence-electron chi connectivity index (χ2n) is 9.58. The second-order valence-corrected chi connectivity index (χ2v) is 9.58. The minimum absolute atomic E-state index is 0.0116. The Labute approximate surface area is 178 Å². The van der Waals surface area contributed by atoms with E-state index in [2.05, 4.69) is 22.8 Å². The molecule has 164 valence electrons. The molecule has 7 nitrogen and oxygen atoms in total. The maximum atomic E-state index is 13.4. The number of nitrogens with zero attached hydrogens (tertiary/aromatic N) is 1. The maximum Gasteiger partial charge on any atom is 0.246 e. The molecule has 3 rings (SSSR count). The molecular formula is C23H34N4O3. The van der Waals surface area contributed by atoms with Gasteiger partial charge in [-0.25, -0.2) is 0 Å². The second kappa shape index (κ2) is 8.76. The van der Waals surface area contributed by atoms with Crippen molar-refractivity contribution < 1.29 is 14.4 Å². The summed E-state index contributed by atoms with van der Waals surface area (Å²) in [5, 5.41) is 5.95. The van der Waals surface area contributed by atoms with E-state index >= 15 is 0 Å². The number of rotatable bonds is 5. The molecule has 1 aromatic carbocycles. The van der Waals surface area contributed by atoms with Gasteiger partial charge in [0.15, 0.2) is 0 Å². The van der Waals surface area contributed by atoms with Crippen molar-refractivity contribution in [2.75, 3.05) is 6.54 Å². The largest absolute Gasteiger partial charge is 0.347 e. The van der Waals surface area contributed by atoms with Crippen molar-refractivity contribution in [3.63, 3.8) is 0 Å². The lowest BCUT2D eigenvalue weighted by atomic mass is 9.85. The Morgan fingerprint density at radius 1 is 1.17 bits per heavy atom. The van der Waals surface area contributed by atoms with Crippen LogP contribution in [0, 0.1) is 5.41 Å². The molecule has 0 unspecified atom stereocenters. The average Bonchev–Trinajstić information content (AvgIpc) is 3.32. The number of nitrogens with two attached hydrogens (primary N) is 1. The van der Waals surface area contributed by atoms with Gasteiger partial charge in [0.2, 0.25) is 17.7 Å². The third kappa shape index (κ3) is 4.67. The van der Waals surface area contributed by atoms with E-state index in [1.807, 2.05) is 32.9 Å². The van der Waals surface area contributed by atoms with Gasteiger partial charge in [-0.3, -0.25) is 14.4 Å². The number of aryl methyl sites for hydroxylation is 1. The molecule has 0 aromatic heterocycles. The van der Waals surface area contributed by atoms with Gasteiger partial charge in [-0.2, -0.15) is 0 Å². The highest BCUT2D eigenvalue weighted by molar-refractivity contribution is 5.94. The lowest BCUT2D eigenvalue weighted by molar-refractivity contribution is -0.144. The Morgan fingerprint density at radius 2 is 1.87 bits per heavy atom. The first-order valence-electron chi connectivity index (χ1n) is 10.8. The molecule has 1 saturated heterocycles. The van der Waals surface area contributed by atoms with Crippen molar-refractivity contribution in [2.24, 2.45) is 11.1 Å². The van der Waals surface area contributed by atoms with Crippen LogP contribution < -0.4 is 16.4 Å². The quantitative estimate of drug-likeness (QED) is 0.681. The van der Waals surface area contributed by atoms with Gasteiger partial charge in [-0.05, 0) is 49.1 Å². The summed E-state index contributed by atoms with van der Waals surface area (Å²) in [6.45, 7) is 7.80. The number of hydrogen-bond donors (Lipinski definition) is 3. The Kier molecular flexibility index (Phi) is 6.50. The third-order valence-electron chi connectivity index (χ3n) is 6.10. The predicted molar refractivity (Wildman–Crippen MR) is 115 cm³/mol. The number of likely N-dealkylation sites (tertiary alicyclic amines) is 1. The zero-order chi connectivity index (χ0) is 22.1. The fourth-order valence-corrected chi connectivity index (χ4v) is 4.37. The van der Waals surface area contributed by atoms with Crippen LogP contribution in [0.4, 0.5) is 0 Å². The van der Waals surface area contributed by atoms with E-state index in [0.717, 1.165) is 19.3 Å². The van der Waals surface area contributed by atoms with Crippen molar-refractivity contribution in [3.8, 4) is 0 Å². The number of carbonyl (C=O) groups is 3. The summed E-state index contributed by atoms with van der Waals surface area (Å²) in [6.07, 6.45) is 3.22. The molecule has 1 aliphatic heterocycles. The van der Waals surface area contributed by atoms with E-state index in [-0.39, 0.29) is 23.8 Å². The van der Waals surface area contributed by atoms with Crippen LogP contribution in [0.3, 0.4) is 0 Å². The van der Waals surface area contributed by atoms with Crippen LogP contribution in [0.5, 0.6) is 0 Å². The minimum Gasteiger partial charge on any atom is -0.347 e. The van der Waals surface area contributed by atoms with Crippen molar-refractivity contribution in [2.45, 2.75) is 77.5 Å². The average molecular weight is 415 g/mol. The van der Waals surface area contributed by atoms with Gasteiger partial charge in [0, 0.05) is 6.54 Å². The van der Waals surface area contributed by atoms with E-state index in [4.69, 9.17) is 5.73 Å². The molecule has 0 radical (unpaired) electrons. The van der Waals surface area contributed by atoms with E-state index in [9.17, 15) is 14.4 Å². The minimum atomic E-state index is -0.739. The summed E-state index contributed by atoms with van der Waals surface area (Å²) in [5.41, 5.74) is 7.62. The molecule has 0 spiro atoms. The van der Waals surface area contributed by atoms with Crippen LogP contribution in [0.1, 0.15) is 64.1 Å². The van der Waals surface area contributed by atoms with E-state index in [1.165, 1.54) is 11.1 Å². The molecule has 0 bridgehead atoms. The first-order chi connectivity index (χ1) is 14.1. The van der Waals surface area contributed by atoms with Crippen LogP contribution in [0.25, 0.3) is 0 Å². The molecule has 30 heavy (non-hydrogen) atoms. The molecule has 4 atom stereocenters. The van der Waals surface area contributed by atoms with Crippen molar-refractivity contribution in [1.29, 1.82) is 0 Å². The summed E-state index contributed by atoms with van der Waals surface area (Å²) in [5.74, 6) is -0.708. The lowest BCUT2D eigenvalue weighted by Gasteiger charge is -2.36. The molecule has 7 heteroatoms. The number of hydrogen-bond acceptors (Lipinski definition) is 4. The standard InChI is InChI=1S/C23H34N4O3/c1-14(24)20(28)26-19(23(2,3)4)22(30)27-13-7-10-18(27)21(29)25-17-12-11-15-8-5-6-9-16(15)17/h5-6,8-9,14,17-19H,7,10-13,24H2,1-4H3,(H,25,29)(H,26,28)/t14-,17-,18-,19+/m0/s1. The van der Waals surface area contributed by atoms with Crippen molar-refractivity contribution >= 4 is 17.7 Å². The van der Waals surface area contributed by atoms with Crippen molar-refractivity contribution in [3.05, 3.63) is 35.4 Å². The maximum absolute atomic E-state index is 13.4. The van der Waals surface area contributed by atoms with Crippen LogP contribution >= 0.6 is 0 Å². The Bertz CT molecular complexity index is 815. The monoisotopic (exact) mass is 414 g/mol. The van der Waals surface area contributed by atoms with Gasteiger partial charge in [0.05, 0.1) is 12.1 Å². The number of carbonyl (C=O) groups excluding carboxylic acids is 3. The Morgan fingerprint density at radius 3 is 2.53 bits per heavy atom. The van der Waals surface area contributed by atoms with Gasteiger partial charge in [-0.15, -0.1) is 0 Å². The first kappa shape index (κ1) is 22.3. The fraction of sp³-hybridized carbons (Fsp3) is 0.609. The molecule has 2 aliphatic rings.